The number of rotatable bonds is 4. The van der Waals surface area contributed by atoms with Gasteiger partial charge in [0, 0.05) is 22.1 Å². The monoisotopic (exact) mass is 692 g/mol. The van der Waals surface area contributed by atoms with E-state index in [-0.39, 0.29) is 57.3 Å². The molecule has 1 aromatic heterocycles. The number of anilines is 1. The number of hydrazine groups is 1. The van der Waals surface area contributed by atoms with Gasteiger partial charge in [0.25, 0.3) is 5.56 Å². The Hall–Kier alpha value is -3.36. The number of Topliss-reactive ketones (excluding diaryl/α,β-unsaturated/α-hetero) is 1. The molecule has 2 aromatic carbocycles. The fourth-order valence-corrected chi connectivity index (χ4v) is 9.29. The van der Waals surface area contributed by atoms with Crippen molar-refractivity contribution < 1.29 is 14.3 Å². The number of halogens is 1. The summed E-state index contributed by atoms with van der Waals surface area (Å²) in [5.41, 5.74) is 11.7. The molecule has 0 spiro atoms. The molecule has 4 aliphatic rings. The van der Waals surface area contributed by atoms with E-state index in [9.17, 15) is 14.4 Å². The number of H-pyrrole nitrogens is 1. The van der Waals surface area contributed by atoms with E-state index in [1.165, 1.54) is 34.4 Å². The third-order valence-electron chi connectivity index (χ3n) is 13.7. The van der Waals surface area contributed by atoms with Crippen LogP contribution in [0.1, 0.15) is 114 Å². The van der Waals surface area contributed by atoms with Crippen LogP contribution in [0.25, 0.3) is 5.69 Å². The van der Waals surface area contributed by atoms with Crippen LogP contribution in [-0.2, 0) is 19.7 Å². The molecular weight excluding hydrogens is 636 g/mol. The highest BCUT2D eigenvalue weighted by atomic mass is 35.5. The molecule has 7 rings (SSSR count). The highest BCUT2D eigenvalue weighted by Crippen LogP contribution is 2.67. The molecule has 5 atom stereocenters. The molecule has 1 heterocycles. The fourth-order valence-electron chi connectivity index (χ4n) is 9.29. The Kier molecular flexibility index (Phi) is 10.5. The maximum absolute atomic E-state index is 13.1. The zero-order chi connectivity index (χ0) is 35.6. The van der Waals surface area contributed by atoms with E-state index < -0.39 is 5.92 Å². The van der Waals surface area contributed by atoms with Crippen molar-refractivity contribution in [2.45, 2.75) is 113 Å². The number of benzene rings is 2. The molecule has 8 nitrogen and oxygen atoms in total. The van der Waals surface area contributed by atoms with Crippen LogP contribution in [0.4, 0.5) is 5.69 Å². The second-order valence-corrected chi connectivity index (χ2v) is 16.1. The lowest BCUT2D eigenvalue weighted by Crippen LogP contribution is -2.36. The van der Waals surface area contributed by atoms with Crippen molar-refractivity contribution in [3.8, 4) is 5.69 Å². The molecule has 3 saturated carbocycles. The van der Waals surface area contributed by atoms with Crippen molar-refractivity contribution in [3.05, 3.63) is 80.3 Å². The quantitative estimate of drug-likeness (QED) is 0.110. The average Bonchev–Trinajstić information content (AvgIpc) is 3.67. The molecule has 0 amide bonds. The Morgan fingerprint density at radius 2 is 1.49 bits per heavy atom. The van der Waals surface area contributed by atoms with E-state index in [2.05, 4.69) is 78.0 Å². The van der Waals surface area contributed by atoms with Crippen molar-refractivity contribution in [2.24, 2.45) is 33.9 Å². The highest BCUT2D eigenvalue weighted by molar-refractivity contribution is 6.05. The Morgan fingerprint density at radius 3 is 2.02 bits per heavy atom. The molecule has 9 heteroatoms. The van der Waals surface area contributed by atoms with Gasteiger partial charge in [-0.25, -0.2) is 4.68 Å². The number of aryl methyl sites for hydroxylation is 2. The smallest absolute Gasteiger partial charge is 0.316 e. The number of ether oxygens (including phenoxy) is 1. The van der Waals surface area contributed by atoms with E-state index >= 15 is 0 Å². The first-order valence-electron chi connectivity index (χ1n) is 17.6. The normalized spacial score (nSPS) is 27.7. The summed E-state index contributed by atoms with van der Waals surface area (Å²) in [6.07, 6.45) is 4.19. The van der Waals surface area contributed by atoms with E-state index in [4.69, 9.17) is 10.6 Å². The summed E-state index contributed by atoms with van der Waals surface area (Å²) < 4.78 is 6.80. The van der Waals surface area contributed by atoms with Gasteiger partial charge in [-0.15, -0.1) is 12.4 Å². The molecule has 3 aromatic rings. The average molecular weight is 693 g/mol. The number of ketones is 1. The van der Waals surface area contributed by atoms with Gasteiger partial charge in [0.1, 0.15) is 5.92 Å². The SMILES string of the molecule is CCOC(=O)C1C(=O)[C@]2(C)CC[C@H]1C2(C)C.Cc1cccc(-n2[nH]c3c(c2=O)[C@H]2CC[C@]3(C)C2(C)C)c1C.Cc1cccc(NN)c1C.Cl. The lowest BCUT2D eigenvalue weighted by Gasteiger charge is -2.34. The van der Waals surface area contributed by atoms with Crippen LogP contribution in [-0.4, -0.2) is 28.1 Å². The van der Waals surface area contributed by atoms with Gasteiger partial charge in [-0.3, -0.25) is 25.3 Å². The Balaban J connectivity index is 0.000000177. The number of aromatic amines is 1. The van der Waals surface area contributed by atoms with Gasteiger partial charge in [-0.2, -0.15) is 0 Å². The van der Waals surface area contributed by atoms with Crippen molar-refractivity contribution in [1.29, 1.82) is 0 Å². The Labute approximate surface area is 298 Å². The van der Waals surface area contributed by atoms with Gasteiger partial charge in [-0.1, -0.05) is 65.8 Å². The third-order valence-corrected chi connectivity index (χ3v) is 13.7. The summed E-state index contributed by atoms with van der Waals surface area (Å²) in [5, 5.41) is 3.48. The standard InChI is InChI=1S/C19H24N2O.C13H20O3.C8H12N2.ClH/c1-11-7-6-8-14(12(11)2)21-17(22)15-13-9-10-19(5,16(15)20-21)18(13,3)4;1-5-16-11(15)9-8-6-7-13(4,10(9)14)12(8,2)3;1-6-4-3-5-8(10-9)7(6)2;/h6-8,13,20H,9-10H2,1-5H3;8-9H,5-7H2,1-4H3;3-5,10H,9H2,1-2H3;1H/t13-,19+;8-,9?,13+;;/m11../s1. The zero-order valence-corrected chi connectivity index (χ0v) is 32.1. The molecule has 4 aliphatic carbocycles. The number of nitrogens with two attached hydrogens (primary N) is 1. The lowest BCUT2D eigenvalue weighted by atomic mass is 9.70. The fraction of sp³-hybridized carbons (Fsp3) is 0.575. The van der Waals surface area contributed by atoms with Gasteiger partial charge < -0.3 is 10.2 Å². The largest absolute Gasteiger partial charge is 0.465 e. The third kappa shape index (κ3) is 5.67. The molecule has 49 heavy (non-hydrogen) atoms. The van der Waals surface area contributed by atoms with Crippen LogP contribution in [0, 0.1) is 55.8 Å². The zero-order valence-electron chi connectivity index (χ0n) is 31.3. The van der Waals surface area contributed by atoms with Crippen LogP contribution >= 0.6 is 12.4 Å². The van der Waals surface area contributed by atoms with Crippen LogP contribution < -0.4 is 16.8 Å². The van der Waals surface area contributed by atoms with Gasteiger partial charge in [-0.05, 0) is 117 Å². The van der Waals surface area contributed by atoms with Crippen molar-refractivity contribution in [1.82, 2.24) is 9.78 Å². The number of carbonyl (C=O) groups excluding carboxylic acids is 2. The predicted octanol–water partition coefficient (Wildman–Crippen LogP) is 8.16. The number of fused-ring (bicyclic) bond motifs is 7. The molecular formula is C40H57ClN4O4. The van der Waals surface area contributed by atoms with Gasteiger partial charge >= 0.3 is 5.97 Å². The number of esters is 1. The summed E-state index contributed by atoms with van der Waals surface area (Å²) in [6, 6.07) is 12.2. The highest BCUT2D eigenvalue weighted by Gasteiger charge is 2.68. The Bertz CT molecular complexity index is 1810. The second kappa shape index (κ2) is 13.4. The van der Waals surface area contributed by atoms with Gasteiger partial charge in [0.2, 0.25) is 0 Å². The van der Waals surface area contributed by atoms with E-state index in [0.29, 0.717) is 12.5 Å². The Morgan fingerprint density at radius 1 is 0.898 bits per heavy atom. The summed E-state index contributed by atoms with van der Waals surface area (Å²) >= 11 is 0. The molecule has 4 bridgehead atoms. The summed E-state index contributed by atoms with van der Waals surface area (Å²) in [7, 11) is 0. The molecule has 1 unspecified atom stereocenters. The number of carbonyl (C=O) groups is 2. The number of hydrogen-bond donors (Lipinski definition) is 3. The first-order valence-corrected chi connectivity index (χ1v) is 17.6. The minimum atomic E-state index is -0.506. The maximum atomic E-state index is 13.1. The minimum Gasteiger partial charge on any atom is -0.465 e. The van der Waals surface area contributed by atoms with Crippen LogP contribution in [0.3, 0.4) is 0 Å². The molecule has 3 fully saturated rings. The van der Waals surface area contributed by atoms with Crippen molar-refractivity contribution >= 4 is 29.8 Å². The maximum Gasteiger partial charge on any atom is 0.316 e. The van der Waals surface area contributed by atoms with E-state index in [1.54, 1.807) is 11.6 Å². The number of nitrogens with one attached hydrogen (secondary N) is 2. The number of hydrogen-bond acceptors (Lipinski definition) is 6. The van der Waals surface area contributed by atoms with Crippen LogP contribution in [0.15, 0.2) is 41.2 Å². The predicted molar refractivity (Wildman–Crippen MR) is 200 cm³/mol. The van der Waals surface area contributed by atoms with Crippen molar-refractivity contribution in [2.75, 3.05) is 12.0 Å². The van der Waals surface area contributed by atoms with Gasteiger partial charge in [0.05, 0.1) is 18.0 Å². The minimum absolute atomic E-state index is 0. The molecule has 0 radical (unpaired) electrons. The van der Waals surface area contributed by atoms with Crippen molar-refractivity contribution in [3.63, 3.8) is 0 Å². The summed E-state index contributed by atoms with van der Waals surface area (Å²) in [4.78, 5) is 37.2. The summed E-state index contributed by atoms with van der Waals surface area (Å²) in [6.45, 7) is 23.6. The number of nitrogens with zero attached hydrogens (tertiary/aromatic N) is 1. The van der Waals surface area contributed by atoms with Crippen LogP contribution in [0.5, 0.6) is 0 Å². The van der Waals surface area contributed by atoms with E-state index in [1.807, 2.05) is 38.1 Å². The first kappa shape index (κ1) is 38.4. The number of nitrogen functional groups attached to an aromatic ring is 1. The topological polar surface area (TPSA) is 119 Å². The summed E-state index contributed by atoms with van der Waals surface area (Å²) in [5.74, 6) is 5.12. The molecule has 268 valence electrons. The molecule has 0 saturated heterocycles. The lowest BCUT2D eigenvalue weighted by molar-refractivity contribution is -0.154. The van der Waals surface area contributed by atoms with E-state index in [0.717, 1.165) is 36.2 Å². The number of aromatic nitrogens is 2. The van der Waals surface area contributed by atoms with Gasteiger partial charge in [0.15, 0.2) is 5.78 Å². The molecule has 0 aliphatic heterocycles. The molecule has 4 N–H and O–H groups in total. The van der Waals surface area contributed by atoms with Crippen LogP contribution in [0.2, 0.25) is 0 Å². The first-order chi connectivity index (χ1) is 22.4. The second-order valence-electron chi connectivity index (χ2n) is 16.1.